The number of hydrogen-bond acceptors (Lipinski definition) is 5. The monoisotopic (exact) mass is 1140 g/mol. The molecule has 0 bridgehead atoms. The molecule has 0 aliphatic rings. The third-order valence-corrected chi connectivity index (χ3v) is 20.2. The number of benzene rings is 13. The lowest BCUT2D eigenvalue weighted by Gasteiger charge is -2.25. The van der Waals surface area contributed by atoms with Gasteiger partial charge in [0.2, 0.25) is 0 Å². The van der Waals surface area contributed by atoms with Crippen molar-refractivity contribution in [3.05, 3.63) is 278 Å². The van der Waals surface area contributed by atoms with Gasteiger partial charge in [0.15, 0.2) is 0 Å². The fraction of sp³-hybridized carbons (Fsp3) is 0. The number of fused-ring (bicyclic) bond motifs is 17. The van der Waals surface area contributed by atoms with E-state index in [9.17, 15) is 10.5 Å². The molecule has 7 heteroatoms. The molecule has 18 aromatic rings. The lowest BCUT2D eigenvalue weighted by atomic mass is 9.86. The van der Waals surface area contributed by atoms with E-state index in [2.05, 4.69) is 240 Å². The standard InChI is InChI=1S/C80H44N4OS2/c81-45-64-71(49-23-9-3-10-24-49)65(46-82)75(72(50-25-11-4-12-26-50)74(64)83-66-32-15-13-28-61(66)73-54(29-18-33-67(73)83)58-31-17-30-57-53-27-14-16-34-68(53)85-78(57)58)84-76-55(37-39-59-62-43-51(47-19-5-1-6-20-47)35-41-69(62)86-79(59)76)56-38-40-60-63-44-52(48-21-7-2-8-22-48)36-42-70(63)87-80(60)77(56)84/h1-44H. The minimum absolute atomic E-state index is 0.398. The lowest BCUT2D eigenvalue weighted by molar-refractivity contribution is 0.670. The minimum atomic E-state index is 0.398. The van der Waals surface area contributed by atoms with Gasteiger partial charge in [-0.25, -0.2) is 0 Å². The molecule has 5 nitrogen and oxygen atoms in total. The molecule has 0 amide bonds. The molecule has 0 fully saturated rings. The zero-order valence-corrected chi connectivity index (χ0v) is 48.1. The Morgan fingerprint density at radius 3 is 1.37 bits per heavy atom. The molecule has 0 saturated carbocycles. The molecule has 0 saturated heterocycles. The van der Waals surface area contributed by atoms with Gasteiger partial charge in [-0.15, -0.1) is 22.7 Å². The first-order valence-electron chi connectivity index (χ1n) is 29.1. The number of aromatic nitrogens is 2. The number of thiophene rings is 2. The van der Waals surface area contributed by atoms with Crippen LogP contribution in [-0.4, -0.2) is 9.13 Å². The quantitative estimate of drug-likeness (QED) is 0.160. The summed E-state index contributed by atoms with van der Waals surface area (Å²) in [6.07, 6.45) is 0. The average Bonchev–Trinajstić information content (AvgIpc) is 1.61. The number of furan rings is 1. The predicted molar refractivity (Wildman–Crippen MR) is 365 cm³/mol. The third-order valence-electron chi connectivity index (χ3n) is 17.8. The van der Waals surface area contributed by atoms with Crippen molar-refractivity contribution in [3.63, 3.8) is 0 Å². The highest BCUT2D eigenvalue weighted by Crippen LogP contribution is 2.54. The number of para-hydroxylation sites is 3. The van der Waals surface area contributed by atoms with E-state index < -0.39 is 0 Å². The van der Waals surface area contributed by atoms with Crippen molar-refractivity contribution in [3.8, 4) is 79.1 Å². The van der Waals surface area contributed by atoms with E-state index in [-0.39, 0.29) is 0 Å². The molecule has 0 aliphatic carbocycles. The van der Waals surface area contributed by atoms with Crippen LogP contribution in [0.25, 0.3) is 173 Å². The van der Waals surface area contributed by atoms with Crippen molar-refractivity contribution in [1.29, 1.82) is 10.5 Å². The Kier molecular flexibility index (Phi) is 10.8. The van der Waals surface area contributed by atoms with Gasteiger partial charge in [-0.2, -0.15) is 10.5 Å². The van der Waals surface area contributed by atoms with Gasteiger partial charge >= 0.3 is 0 Å². The zero-order chi connectivity index (χ0) is 57.4. The van der Waals surface area contributed by atoms with Gasteiger partial charge < -0.3 is 13.6 Å². The molecule has 0 aliphatic heterocycles. The number of hydrogen-bond donors (Lipinski definition) is 0. The van der Waals surface area contributed by atoms with Gasteiger partial charge in [0.1, 0.15) is 23.3 Å². The smallest absolute Gasteiger partial charge is 0.143 e. The summed E-state index contributed by atoms with van der Waals surface area (Å²) < 4.78 is 16.1. The maximum Gasteiger partial charge on any atom is 0.143 e. The third kappa shape index (κ3) is 7.16. The van der Waals surface area contributed by atoms with Gasteiger partial charge in [0, 0.05) is 80.0 Å². The van der Waals surface area contributed by atoms with Gasteiger partial charge in [-0.05, 0) is 81.4 Å². The van der Waals surface area contributed by atoms with Crippen LogP contribution in [0.1, 0.15) is 11.1 Å². The molecular weight excluding hydrogens is 1100 g/mol. The van der Waals surface area contributed by atoms with E-state index in [0.29, 0.717) is 28.1 Å². The van der Waals surface area contributed by atoms with Crippen LogP contribution in [0.5, 0.6) is 0 Å². The summed E-state index contributed by atoms with van der Waals surface area (Å²) in [5.41, 5.74) is 17.3. The second kappa shape index (κ2) is 19.1. The first-order valence-corrected chi connectivity index (χ1v) is 30.7. The molecule has 0 spiro atoms. The molecule has 13 aromatic carbocycles. The summed E-state index contributed by atoms with van der Waals surface area (Å²) in [6, 6.07) is 100. The molecule has 5 aromatic heterocycles. The Labute approximate surface area is 506 Å². The van der Waals surface area contributed by atoms with Gasteiger partial charge in [-0.3, -0.25) is 0 Å². The minimum Gasteiger partial charge on any atom is -0.455 e. The second-order valence-corrected chi connectivity index (χ2v) is 24.5. The zero-order valence-electron chi connectivity index (χ0n) is 46.4. The number of nitriles is 2. The first kappa shape index (κ1) is 49.1. The van der Waals surface area contributed by atoms with E-state index >= 15 is 0 Å². The van der Waals surface area contributed by atoms with Crippen LogP contribution in [0.15, 0.2) is 271 Å². The molecule has 5 heterocycles. The molecule has 18 rings (SSSR count). The summed E-state index contributed by atoms with van der Waals surface area (Å²) in [5.74, 6) is 0. The van der Waals surface area contributed by atoms with E-state index in [0.717, 1.165) is 136 Å². The van der Waals surface area contributed by atoms with Crippen LogP contribution in [0.2, 0.25) is 0 Å². The van der Waals surface area contributed by atoms with Crippen molar-refractivity contribution in [1.82, 2.24) is 9.13 Å². The van der Waals surface area contributed by atoms with Crippen molar-refractivity contribution in [2.45, 2.75) is 0 Å². The van der Waals surface area contributed by atoms with Crippen LogP contribution in [-0.2, 0) is 0 Å². The molecule has 0 radical (unpaired) electrons. The molecule has 402 valence electrons. The van der Waals surface area contributed by atoms with Gasteiger partial charge in [0.25, 0.3) is 0 Å². The predicted octanol–water partition coefficient (Wildman–Crippen LogP) is 22.6. The second-order valence-electron chi connectivity index (χ2n) is 22.4. The highest BCUT2D eigenvalue weighted by Gasteiger charge is 2.34. The van der Waals surface area contributed by atoms with E-state index in [4.69, 9.17) is 4.42 Å². The highest BCUT2D eigenvalue weighted by atomic mass is 32.1. The van der Waals surface area contributed by atoms with E-state index in [1.165, 1.54) is 20.2 Å². The van der Waals surface area contributed by atoms with Crippen molar-refractivity contribution in [2.75, 3.05) is 0 Å². The average molecular weight is 1140 g/mol. The topological polar surface area (TPSA) is 70.6 Å². The van der Waals surface area contributed by atoms with Crippen LogP contribution >= 0.6 is 22.7 Å². The van der Waals surface area contributed by atoms with Crippen LogP contribution < -0.4 is 0 Å². The van der Waals surface area contributed by atoms with Crippen LogP contribution in [0, 0.1) is 22.7 Å². The van der Waals surface area contributed by atoms with E-state index in [1.807, 2.05) is 48.5 Å². The Morgan fingerprint density at radius 1 is 0.322 bits per heavy atom. The maximum absolute atomic E-state index is 12.5. The van der Waals surface area contributed by atoms with Crippen molar-refractivity contribution in [2.24, 2.45) is 0 Å². The normalized spacial score (nSPS) is 11.9. The summed E-state index contributed by atoms with van der Waals surface area (Å²) in [4.78, 5) is 0. The molecule has 0 unspecified atom stereocenters. The lowest BCUT2D eigenvalue weighted by Crippen LogP contribution is -2.11. The summed E-state index contributed by atoms with van der Waals surface area (Å²) in [7, 11) is 0. The van der Waals surface area contributed by atoms with Gasteiger partial charge in [0.05, 0.1) is 54.0 Å². The molecule has 0 atom stereocenters. The Balaban J connectivity index is 1.05. The van der Waals surface area contributed by atoms with Crippen molar-refractivity contribution < 1.29 is 4.42 Å². The van der Waals surface area contributed by atoms with Crippen molar-refractivity contribution >= 4 is 129 Å². The Morgan fingerprint density at radius 2 is 0.782 bits per heavy atom. The fourth-order valence-corrected chi connectivity index (χ4v) is 16.5. The summed E-state index contributed by atoms with van der Waals surface area (Å²) in [6.45, 7) is 0. The maximum atomic E-state index is 12.5. The van der Waals surface area contributed by atoms with E-state index in [1.54, 1.807) is 22.7 Å². The van der Waals surface area contributed by atoms with Crippen LogP contribution in [0.4, 0.5) is 0 Å². The summed E-state index contributed by atoms with van der Waals surface area (Å²) >= 11 is 3.59. The SMILES string of the molecule is N#Cc1c(-c2ccccc2)c(C#N)c(-n2c3c(ccc4c5cc(-c6ccccc6)ccc5sc43)c3ccc4c5cc(-c6ccccc6)ccc5sc4c32)c(-c2ccccc2)c1-n1c2ccccc2c2c(-c3cccc4c3oc3ccccc34)cccc21. The number of nitrogens with zero attached hydrogens (tertiary/aromatic N) is 4. The first-order chi connectivity index (χ1) is 43.1. The van der Waals surface area contributed by atoms with Crippen LogP contribution in [0.3, 0.4) is 0 Å². The highest BCUT2D eigenvalue weighted by molar-refractivity contribution is 7.27. The largest absolute Gasteiger partial charge is 0.455 e. The fourth-order valence-electron chi connectivity index (χ4n) is 14.1. The summed E-state index contributed by atoms with van der Waals surface area (Å²) in [5, 5.41) is 35.8. The Bertz CT molecular complexity index is 5840. The molecule has 0 N–H and O–H groups in total. The Hall–Kier alpha value is -11.3. The molecule has 87 heavy (non-hydrogen) atoms. The number of rotatable bonds is 7. The molecular formula is C80H44N4OS2. The van der Waals surface area contributed by atoms with Gasteiger partial charge in [-0.1, -0.05) is 224 Å².